The second kappa shape index (κ2) is 9.53. The van der Waals surface area contributed by atoms with Crippen LogP contribution in [0.3, 0.4) is 0 Å². The third kappa shape index (κ3) is 5.18. The van der Waals surface area contributed by atoms with Crippen molar-refractivity contribution in [1.82, 2.24) is 0 Å². The van der Waals surface area contributed by atoms with Crippen LogP contribution in [0.1, 0.15) is 51.5 Å². The normalized spacial score (nSPS) is 22.3. The van der Waals surface area contributed by atoms with Crippen molar-refractivity contribution >= 4 is 18.0 Å². The SMILES string of the molecule is CCCCC(CC)C(=O)OCC1(CO)C/C(=C\c2ccccc2)C(=O)O1. The van der Waals surface area contributed by atoms with Crippen molar-refractivity contribution in [2.45, 2.75) is 51.6 Å². The van der Waals surface area contributed by atoms with Crippen LogP contribution in [-0.4, -0.2) is 35.9 Å². The third-order valence-electron chi connectivity index (χ3n) is 4.72. The van der Waals surface area contributed by atoms with Gasteiger partial charge in [0.15, 0.2) is 5.60 Å². The van der Waals surface area contributed by atoms with Crippen LogP contribution >= 0.6 is 0 Å². The molecule has 2 rings (SSSR count). The Kier molecular flexibility index (Phi) is 7.39. The summed E-state index contributed by atoms with van der Waals surface area (Å²) in [6, 6.07) is 9.44. The molecule has 2 atom stereocenters. The van der Waals surface area contributed by atoms with Crippen LogP contribution in [0.4, 0.5) is 0 Å². The maximum Gasteiger partial charge on any atom is 0.334 e. The summed E-state index contributed by atoms with van der Waals surface area (Å²) in [5, 5.41) is 9.77. The summed E-state index contributed by atoms with van der Waals surface area (Å²) < 4.78 is 10.8. The average Bonchev–Trinajstić information content (AvgIpc) is 2.97. The number of benzene rings is 1. The summed E-state index contributed by atoms with van der Waals surface area (Å²) in [5.41, 5.74) is 0.172. The van der Waals surface area contributed by atoms with E-state index in [1.165, 1.54) is 0 Å². The molecule has 0 aromatic heterocycles. The maximum atomic E-state index is 12.3. The molecule has 0 spiro atoms. The van der Waals surface area contributed by atoms with Gasteiger partial charge in [-0.2, -0.15) is 0 Å². The van der Waals surface area contributed by atoms with Crippen molar-refractivity contribution in [3.63, 3.8) is 0 Å². The molecule has 1 aliphatic rings. The van der Waals surface area contributed by atoms with Crippen LogP contribution in [0.5, 0.6) is 0 Å². The van der Waals surface area contributed by atoms with Gasteiger partial charge in [-0.05, 0) is 24.5 Å². The zero-order valence-electron chi connectivity index (χ0n) is 15.6. The second-order valence-electron chi connectivity index (χ2n) is 6.84. The van der Waals surface area contributed by atoms with Crippen molar-refractivity contribution in [2.24, 2.45) is 5.92 Å². The smallest absolute Gasteiger partial charge is 0.334 e. The highest BCUT2D eigenvalue weighted by molar-refractivity contribution is 5.96. The van der Waals surface area contributed by atoms with E-state index in [2.05, 4.69) is 6.92 Å². The lowest BCUT2D eigenvalue weighted by Gasteiger charge is -2.25. The molecule has 1 aromatic rings. The Labute approximate surface area is 155 Å². The number of hydrogen-bond acceptors (Lipinski definition) is 5. The van der Waals surface area contributed by atoms with E-state index in [1.54, 1.807) is 6.08 Å². The predicted molar refractivity (Wildman–Crippen MR) is 99.2 cm³/mol. The average molecular weight is 360 g/mol. The van der Waals surface area contributed by atoms with Crippen molar-refractivity contribution in [3.05, 3.63) is 41.5 Å². The third-order valence-corrected chi connectivity index (χ3v) is 4.72. The molecular formula is C21H28O5. The molecule has 2 unspecified atom stereocenters. The van der Waals surface area contributed by atoms with Gasteiger partial charge >= 0.3 is 11.9 Å². The molecule has 1 aliphatic heterocycles. The van der Waals surface area contributed by atoms with E-state index in [9.17, 15) is 14.7 Å². The van der Waals surface area contributed by atoms with E-state index in [0.29, 0.717) is 12.0 Å². The van der Waals surface area contributed by atoms with Crippen LogP contribution in [0.25, 0.3) is 6.08 Å². The first-order chi connectivity index (χ1) is 12.5. The van der Waals surface area contributed by atoms with Crippen molar-refractivity contribution < 1.29 is 24.2 Å². The van der Waals surface area contributed by atoms with Gasteiger partial charge in [0.2, 0.25) is 0 Å². The van der Waals surface area contributed by atoms with Gasteiger partial charge in [-0.15, -0.1) is 0 Å². The second-order valence-corrected chi connectivity index (χ2v) is 6.84. The van der Waals surface area contributed by atoms with Crippen molar-refractivity contribution in [2.75, 3.05) is 13.2 Å². The van der Waals surface area contributed by atoms with E-state index in [1.807, 2.05) is 37.3 Å². The first-order valence-electron chi connectivity index (χ1n) is 9.30. The molecule has 142 valence electrons. The van der Waals surface area contributed by atoms with Crippen LogP contribution < -0.4 is 0 Å². The summed E-state index contributed by atoms with van der Waals surface area (Å²) in [7, 11) is 0. The largest absolute Gasteiger partial charge is 0.461 e. The number of esters is 2. The minimum atomic E-state index is -1.18. The number of aliphatic hydroxyl groups is 1. The highest BCUT2D eigenvalue weighted by atomic mass is 16.6. The van der Waals surface area contributed by atoms with Crippen molar-refractivity contribution in [3.8, 4) is 0 Å². The molecule has 0 bridgehead atoms. The standard InChI is InChI=1S/C21H28O5/c1-3-5-11-17(4-2)19(23)25-15-21(14-22)13-18(20(24)26-21)12-16-9-7-6-8-10-16/h6-10,12,17,22H,3-5,11,13-15H2,1-2H3/b18-12+. The van der Waals surface area contributed by atoms with Gasteiger partial charge in [0.05, 0.1) is 12.5 Å². The molecule has 1 fully saturated rings. The van der Waals surface area contributed by atoms with Gasteiger partial charge in [-0.1, -0.05) is 57.0 Å². The van der Waals surface area contributed by atoms with E-state index < -0.39 is 11.6 Å². The minimum absolute atomic E-state index is 0.122. The molecule has 1 saturated heterocycles. The molecule has 1 aromatic carbocycles. The van der Waals surface area contributed by atoms with Crippen molar-refractivity contribution in [1.29, 1.82) is 0 Å². The fourth-order valence-corrected chi connectivity index (χ4v) is 3.05. The van der Waals surface area contributed by atoms with E-state index in [-0.39, 0.29) is 31.5 Å². The Hall–Kier alpha value is -2.14. The molecular weight excluding hydrogens is 332 g/mol. The van der Waals surface area contributed by atoms with E-state index >= 15 is 0 Å². The first-order valence-corrected chi connectivity index (χ1v) is 9.30. The Bertz CT molecular complexity index is 637. The molecule has 26 heavy (non-hydrogen) atoms. The highest BCUT2D eigenvalue weighted by Gasteiger charge is 2.44. The number of rotatable bonds is 9. The van der Waals surface area contributed by atoms with Gasteiger partial charge in [-0.25, -0.2) is 4.79 Å². The van der Waals surface area contributed by atoms with E-state index in [4.69, 9.17) is 9.47 Å². The van der Waals surface area contributed by atoms with Gasteiger partial charge in [0, 0.05) is 12.0 Å². The fourth-order valence-electron chi connectivity index (χ4n) is 3.05. The Morgan fingerprint density at radius 2 is 2.08 bits per heavy atom. The first kappa shape index (κ1) is 20.2. The lowest BCUT2D eigenvalue weighted by Crippen LogP contribution is -2.40. The number of carbonyl (C=O) groups is 2. The monoisotopic (exact) mass is 360 g/mol. The van der Waals surface area contributed by atoms with Gasteiger partial charge in [0.1, 0.15) is 6.61 Å². The van der Waals surface area contributed by atoms with Crippen LogP contribution in [0.2, 0.25) is 0 Å². The molecule has 0 amide bonds. The number of unbranched alkanes of at least 4 members (excludes halogenated alkanes) is 1. The Balaban J connectivity index is 2.02. The number of cyclic esters (lactones) is 1. The summed E-state index contributed by atoms with van der Waals surface area (Å²) in [6.07, 6.45) is 5.46. The van der Waals surface area contributed by atoms with Gasteiger partial charge in [0.25, 0.3) is 0 Å². The summed E-state index contributed by atoms with van der Waals surface area (Å²) in [6.45, 7) is 3.53. The lowest BCUT2D eigenvalue weighted by molar-refractivity contribution is -0.169. The molecule has 0 saturated carbocycles. The molecule has 0 radical (unpaired) electrons. The topological polar surface area (TPSA) is 72.8 Å². The summed E-state index contributed by atoms with van der Waals surface area (Å²) >= 11 is 0. The molecule has 1 N–H and O–H groups in total. The van der Waals surface area contributed by atoms with Crippen LogP contribution in [-0.2, 0) is 19.1 Å². The highest BCUT2D eigenvalue weighted by Crippen LogP contribution is 2.32. The summed E-state index contributed by atoms with van der Waals surface area (Å²) in [4.78, 5) is 24.5. The quantitative estimate of drug-likeness (QED) is 0.539. The molecule has 1 heterocycles. The van der Waals surface area contributed by atoms with Crippen LogP contribution in [0, 0.1) is 5.92 Å². The van der Waals surface area contributed by atoms with Gasteiger partial charge in [-0.3, -0.25) is 4.79 Å². The van der Waals surface area contributed by atoms with Gasteiger partial charge < -0.3 is 14.6 Å². The Morgan fingerprint density at radius 1 is 1.35 bits per heavy atom. The number of hydrogen-bond donors (Lipinski definition) is 1. The molecule has 5 heteroatoms. The zero-order chi connectivity index (χ0) is 19.0. The number of carbonyl (C=O) groups excluding carboxylic acids is 2. The maximum absolute atomic E-state index is 12.3. The lowest BCUT2D eigenvalue weighted by atomic mass is 9.97. The predicted octanol–water partition coefficient (Wildman–Crippen LogP) is 3.51. The summed E-state index contributed by atoms with van der Waals surface area (Å²) in [5.74, 6) is -0.913. The van der Waals surface area contributed by atoms with Crippen LogP contribution in [0.15, 0.2) is 35.9 Å². The molecule has 0 aliphatic carbocycles. The fraction of sp³-hybridized carbons (Fsp3) is 0.524. The number of ether oxygens (including phenoxy) is 2. The minimum Gasteiger partial charge on any atom is -0.461 e. The molecule has 5 nitrogen and oxygen atoms in total. The Morgan fingerprint density at radius 3 is 2.69 bits per heavy atom. The number of aliphatic hydroxyl groups excluding tert-OH is 1. The van der Waals surface area contributed by atoms with E-state index in [0.717, 1.165) is 24.8 Å². The zero-order valence-corrected chi connectivity index (χ0v) is 15.6.